The first kappa shape index (κ1) is 25.9. The summed E-state index contributed by atoms with van der Waals surface area (Å²) >= 11 is 3.44. The standard InChI is InChI=1S/C21H31BrN6O.CO2/c1-16(15-29)25-20-19(22)14-24-21(27-20)26-18-7-5-6-17(12-18)13-23-8-11-28-9-3-2-4-10-28;2-1-3/h5-7,12,14,16,23,29H,2-4,8-11,13,15H2,1H3,(H2,24,25,26,27);. The van der Waals surface area contributed by atoms with Gasteiger partial charge in [0.2, 0.25) is 5.95 Å². The van der Waals surface area contributed by atoms with Crippen molar-refractivity contribution in [1.82, 2.24) is 20.2 Å². The molecule has 2 heterocycles. The van der Waals surface area contributed by atoms with E-state index in [2.05, 4.69) is 58.9 Å². The highest BCUT2D eigenvalue weighted by atomic mass is 79.9. The van der Waals surface area contributed by atoms with E-state index in [-0.39, 0.29) is 18.8 Å². The Bertz CT molecular complexity index is 857. The number of hydrogen-bond acceptors (Lipinski definition) is 9. The summed E-state index contributed by atoms with van der Waals surface area (Å²) < 4.78 is 0.759. The van der Waals surface area contributed by atoms with E-state index in [1.807, 2.05) is 19.1 Å². The van der Waals surface area contributed by atoms with Gasteiger partial charge in [-0.25, -0.2) is 4.98 Å². The Hall–Kier alpha value is -2.36. The number of likely N-dealkylation sites (tertiary alicyclic amines) is 1. The van der Waals surface area contributed by atoms with Crippen molar-refractivity contribution in [2.24, 2.45) is 0 Å². The lowest BCUT2D eigenvalue weighted by Crippen LogP contribution is -2.35. The van der Waals surface area contributed by atoms with E-state index in [1.54, 1.807) is 6.20 Å². The maximum Gasteiger partial charge on any atom is 0.373 e. The van der Waals surface area contributed by atoms with E-state index >= 15 is 0 Å². The molecule has 0 bridgehead atoms. The summed E-state index contributed by atoms with van der Waals surface area (Å²) in [7, 11) is 0. The van der Waals surface area contributed by atoms with Crippen molar-refractivity contribution in [1.29, 1.82) is 0 Å². The Morgan fingerprint density at radius 2 is 2.00 bits per heavy atom. The van der Waals surface area contributed by atoms with Crippen LogP contribution in [0.15, 0.2) is 34.9 Å². The number of aliphatic hydroxyl groups excluding tert-OH is 1. The number of aromatic nitrogens is 2. The summed E-state index contributed by atoms with van der Waals surface area (Å²) in [5, 5.41) is 19.2. The Morgan fingerprint density at radius 1 is 1.25 bits per heavy atom. The third-order valence-corrected chi connectivity index (χ3v) is 5.55. The largest absolute Gasteiger partial charge is 0.394 e. The molecule has 4 N–H and O–H groups in total. The van der Waals surface area contributed by atoms with Crippen LogP contribution in [-0.2, 0) is 16.1 Å². The van der Waals surface area contributed by atoms with Crippen LogP contribution in [0.25, 0.3) is 0 Å². The Kier molecular flexibility index (Phi) is 11.9. The minimum absolute atomic E-state index is 0.0337. The molecule has 1 saturated heterocycles. The van der Waals surface area contributed by atoms with Crippen molar-refractivity contribution in [3.05, 3.63) is 40.5 Å². The smallest absolute Gasteiger partial charge is 0.373 e. The molecule has 1 aromatic heterocycles. The van der Waals surface area contributed by atoms with Crippen LogP contribution in [0.5, 0.6) is 0 Å². The molecule has 10 heteroatoms. The molecule has 174 valence electrons. The average Bonchev–Trinajstić information content (AvgIpc) is 2.80. The quantitative estimate of drug-likeness (QED) is 0.360. The van der Waals surface area contributed by atoms with Crippen molar-refractivity contribution < 1.29 is 14.7 Å². The Labute approximate surface area is 197 Å². The SMILES string of the molecule is CC(CO)Nc1nc(Nc2cccc(CNCCN3CCCCC3)c2)ncc1Br.O=C=O. The fourth-order valence-electron chi connectivity index (χ4n) is 3.35. The zero-order valence-corrected chi connectivity index (χ0v) is 19.9. The molecular formula is C22H31BrN6O3. The summed E-state index contributed by atoms with van der Waals surface area (Å²) in [6, 6.07) is 8.19. The first-order valence-corrected chi connectivity index (χ1v) is 11.5. The van der Waals surface area contributed by atoms with E-state index in [0.717, 1.165) is 29.8 Å². The van der Waals surface area contributed by atoms with Crippen LogP contribution >= 0.6 is 15.9 Å². The third kappa shape index (κ3) is 9.42. The number of benzene rings is 1. The molecule has 1 aliphatic rings. The Morgan fingerprint density at radius 3 is 2.72 bits per heavy atom. The van der Waals surface area contributed by atoms with E-state index < -0.39 is 0 Å². The van der Waals surface area contributed by atoms with Gasteiger partial charge in [0, 0.05) is 37.6 Å². The average molecular weight is 507 g/mol. The summed E-state index contributed by atoms with van der Waals surface area (Å²) in [6.45, 7) is 7.36. The van der Waals surface area contributed by atoms with Crippen LogP contribution < -0.4 is 16.0 Å². The molecule has 0 saturated carbocycles. The second-order valence-corrected chi connectivity index (χ2v) is 8.46. The molecule has 0 spiro atoms. The highest BCUT2D eigenvalue weighted by Crippen LogP contribution is 2.23. The fourth-order valence-corrected chi connectivity index (χ4v) is 3.65. The predicted octanol–water partition coefficient (Wildman–Crippen LogP) is 2.77. The van der Waals surface area contributed by atoms with Crippen molar-refractivity contribution in [2.45, 2.75) is 38.8 Å². The van der Waals surface area contributed by atoms with Gasteiger partial charge in [0.25, 0.3) is 0 Å². The molecule has 1 fully saturated rings. The Balaban J connectivity index is 0.00000114. The van der Waals surface area contributed by atoms with Gasteiger partial charge < -0.3 is 26.0 Å². The highest BCUT2D eigenvalue weighted by Gasteiger charge is 2.10. The molecule has 2 aromatic rings. The molecule has 32 heavy (non-hydrogen) atoms. The molecule has 1 aliphatic heterocycles. The van der Waals surface area contributed by atoms with Crippen LogP contribution in [0.2, 0.25) is 0 Å². The maximum absolute atomic E-state index is 9.24. The number of carbonyl (C=O) groups excluding carboxylic acids is 2. The first-order valence-electron chi connectivity index (χ1n) is 10.7. The van der Waals surface area contributed by atoms with E-state index in [0.29, 0.717) is 11.8 Å². The third-order valence-electron chi connectivity index (χ3n) is 4.97. The summed E-state index contributed by atoms with van der Waals surface area (Å²) in [5.41, 5.74) is 2.17. The van der Waals surface area contributed by atoms with Crippen molar-refractivity contribution in [2.75, 3.05) is 43.4 Å². The molecule has 1 aromatic carbocycles. The minimum Gasteiger partial charge on any atom is -0.394 e. The van der Waals surface area contributed by atoms with Crippen LogP contribution in [0.3, 0.4) is 0 Å². The van der Waals surface area contributed by atoms with Crippen LogP contribution in [-0.4, -0.2) is 65.0 Å². The van der Waals surface area contributed by atoms with E-state index in [1.165, 1.54) is 37.9 Å². The molecule has 3 rings (SSSR count). The van der Waals surface area contributed by atoms with Crippen molar-refractivity contribution >= 4 is 39.5 Å². The molecule has 0 radical (unpaired) electrons. The fraction of sp³-hybridized carbons (Fsp3) is 0.500. The lowest BCUT2D eigenvalue weighted by molar-refractivity contribution is -0.191. The number of hydrogen-bond donors (Lipinski definition) is 4. The number of nitrogens with one attached hydrogen (secondary N) is 3. The van der Waals surface area contributed by atoms with Crippen LogP contribution in [0.1, 0.15) is 31.7 Å². The zero-order valence-electron chi connectivity index (χ0n) is 18.3. The lowest BCUT2D eigenvalue weighted by atomic mass is 10.1. The van der Waals surface area contributed by atoms with Crippen LogP contribution in [0, 0.1) is 0 Å². The molecule has 0 amide bonds. The lowest BCUT2D eigenvalue weighted by Gasteiger charge is -2.26. The van der Waals surface area contributed by atoms with Gasteiger partial charge in [0.15, 0.2) is 0 Å². The van der Waals surface area contributed by atoms with Crippen LogP contribution in [0.4, 0.5) is 17.5 Å². The summed E-state index contributed by atoms with van der Waals surface area (Å²) in [5.74, 6) is 1.16. The number of halogens is 1. The second kappa shape index (κ2) is 14.7. The van der Waals surface area contributed by atoms with Gasteiger partial charge in [-0.15, -0.1) is 0 Å². The van der Waals surface area contributed by atoms with E-state index in [4.69, 9.17) is 9.59 Å². The number of aliphatic hydroxyl groups is 1. The topological polar surface area (TPSA) is 119 Å². The normalized spacial score (nSPS) is 14.6. The molecule has 1 unspecified atom stereocenters. The van der Waals surface area contributed by atoms with Crippen molar-refractivity contribution in [3.8, 4) is 0 Å². The second-order valence-electron chi connectivity index (χ2n) is 7.61. The highest BCUT2D eigenvalue weighted by molar-refractivity contribution is 9.10. The maximum atomic E-state index is 9.24. The summed E-state index contributed by atoms with van der Waals surface area (Å²) in [6.07, 6.45) is 6.00. The number of piperidine rings is 1. The van der Waals surface area contributed by atoms with Gasteiger partial charge in [-0.2, -0.15) is 14.6 Å². The van der Waals surface area contributed by atoms with Gasteiger partial charge in [0.05, 0.1) is 11.1 Å². The van der Waals surface area contributed by atoms with Gasteiger partial charge in [0.1, 0.15) is 5.82 Å². The van der Waals surface area contributed by atoms with Crippen molar-refractivity contribution in [3.63, 3.8) is 0 Å². The van der Waals surface area contributed by atoms with Gasteiger partial charge >= 0.3 is 6.15 Å². The minimum atomic E-state index is -0.0895. The monoisotopic (exact) mass is 506 g/mol. The van der Waals surface area contributed by atoms with Gasteiger partial charge in [-0.1, -0.05) is 18.6 Å². The first-order chi connectivity index (χ1) is 15.5. The molecular weight excluding hydrogens is 476 g/mol. The van der Waals surface area contributed by atoms with Gasteiger partial charge in [-0.05, 0) is 66.5 Å². The number of rotatable bonds is 10. The number of anilines is 3. The van der Waals surface area contributed by atoms with Gasteiger partial charge in [-0.3, -0.25) is 0 Å². The predicted molar refractivity (Wildman–Crippen MR) is 127 cm³/mol. The zero-order chi connectivity index (χ0) is 23.2. The molecule has 1 atom stereocenters. The summed E-state index contributed by atoms with van der Waals surface area (Å²) in [4.78, 5) is 27.6. The number of nitrogens with zero attached hydrogens (tertiary/aromatic N) is 3. The van der Waals surface area contributed by atoms with E-state index in [9.17, 15) is 5.11 Å². The molecule has 9 nitrogen and oxygen atoms in total. The molecule has 0 aliphatic carbocycles.